The highest BCUT2D eigenvalue weighted by Gasteiger charge is 2.39. The van der Waals surface area contributed by atoms with Gasteiger partial charge in [0, 0.05) is 23.1 Å². The summed E-state index contributed by atoms with van der Waals surface area (Å²) < 4.78 is 1.13. The first-order valence-electron chi connectivity index (χ1n) is 7.04. The highest BCUT2D eigenvalue weighted by molar-refractivity contribution is 9.10. The third-order valence-corrected chi connectivity index (χ3v) is 4.91. The Morgan fingerprint density at radius 1 is 1.32 bits per heavy atom. The maximum absolute atomic E-state index is 6.10. The minimum atomic E-state index is 0.0710. The number of likely N-dealkylation sites (tertiary alicyclic amines) is 1. The summed E-state index contributed by atoms with van der Waals surface area (Å²) in [7, 11) is 0. The second kappa shape index (κ2) is 5.55. The highest BCUT2D eigenvalue weighted by Crippen LogP contribution is 2.34. The van der Waals surface area contributed by atoms with Crippen LogP contribution in [0, 0.1) is 5.41 Å². The van der Waals surface area contributed by atoms with Crippen molar-refractivity contribution < 1.29 is 0 Å². The number of rotatable bonds is 4. The summed E-state index contributed by atoms with van der Waals surface area (Å²) in [4.78, 5) is 2.58. The molecule has 0 radical (unpaired) electrons. The number of hydrogen-bond donors (Lipinski definition) is 1. The Labute approximate surface area is 125 Å². The standard InChI is InChI=1S/C16H25BrN2/c1-15(2)8-9-19(12-15)16(3,11-18)10-13-4-6-14(17)7-5-13/h4-7H,8-12,18H2,1-3H3. The fraction of sp³-hybridized carbons (Fsp3) is 0.625. The SMILES string of the molecule is CC1(C)CCN(C(C)(CN)Cc2ccc(Br)cc2)C1. The Bertz CT molecular complexity index is 427. The molecule has 0 saturated carbocycles. The van der Waals surface area contributed by atoms with Crippen molar-refractivity contribution in [3.63, 3.8) is 0 Å². The minimum Gasteiger partial charge on any atom is -0.329 e. The second-order valence-electron chi connectivity index (χ2n) is 6.84. The maximum Gasteiger partial charge on any atom is 0.0344 e. The molecule has 2 N–H and O–H groups in total. The average Bonchev–Trinajstić information content (AvgIpc) is 2.73. The van der Waals surface area contributed by atoms with Crippen LogP contribution in [-0.2, 0) is 6.42 Å². The molecule has 1 fully saturated rings. The van der Waals surface area contributed by atoms with E-state index in [9.17, 15) is 0 Å². The number of nitrogens with two attached hydrogens (primary N) is 1. The predicted octanol–water partition coefficient (Wildman–Crippen LogP) is 3.44. The molecule has 1 saturated heterocycles. The van der Waals surface area contributed by atoms with Crippen molar-refractivity contribution >= 4 is 15.9 Å². The lowest BCUT2D eigenvalue weighted by atomic mass is 9.89. The van der Waals surface area contributed by atoms with E-state index in [0.717, 1.165) is 24.0 Å². The smallest absolute Gasteiger partial charge is 0.0344 e. The number of halogens is 1. The van der Waals surface area contributed by atoms with Crippen molar-refractivity contribution in [3.05, 3.63) is 34.3 Å². The molecule has 1 aliphatic heterocycles. The summed E-state index contributed by atoms with van der Waals surface area (Å²) in [6, 6.07) is 8.61. The number of benzene rings is 1. The van der Waals surface area contributed by atoms with E-state index in [-0.39, 0.29) is 5.54 Å². The first-order valence-corrected chi connectivity index (χ1v) is 7.84. The Hall–Kier alpha value is -0.380. The van der Waals surface area contributed by atoms with Gasteiger partial charge in [-0.25, -0.2) is 0 Å². The molecular formula is C16H25BrN2. The molecule has 3 heteroatoms. The van der Waals surface area contributed by atoms with Gasteiger partial charge in [-0.1, -0.05) is 41.9 Å². The summed E-state index contributed by atoms with van der Waals surface area (Å²) >= 11 is 3.49. The zero-order chi connectivity index (χ0) is 14.1. The fourth-order valence-corrected chi connectivity index (χ4v) is 3.19. The number of hydrogen-bond acceptors (Lipinski definition) is 2. The molecule has 1 aliphatic rings. The van der Waals surface area contributed by atoms with Crippen LogP contribution in [0.3, 0.4) is 0 Å². The Morgan fingerprint density at radius 3 is 2.42 bits per heavy atom. The summed E-state index contributed by atoms with van der Waals surface area (Å²) in [6.45, 7) is 10.0. The van der Waals surface area contributed by atoms with E-state index in [1.807, 2.05) is 0 Å². The van der Waals surface area contributed by atoms with Crippen LogP contribution in [0.1, 0.15) is 32.8 Å². The lowest BCUT2D eigenvalue weighted by Crippen LogP contribution is -2.52. The normalized spacial score (nSPS) is 22.4. The number of nitrogens with zero attached hydrogens (tertiary/aromatic N) is 1. The van der Waals surface area contributed by atoms with Crippen LogP contribution in [0.4, 0.5) is 0 Å². The lowest BCUT2D eigenvalue weighted by Gasteiger charge is -2.39. The first-order chi connectivity index (χ1) is 8.85. The van der Waals surface area contributed by atoms with Crippen molar-refractivity contribution in [2.24, 2.45) is 11.1 Å². The van der Waals surface area contributed by atoms with Crippen LogP contribution in [0.5, 0.6) is 0 Å². The Balaban J connectivity index is 2.12. The van der Waals surface area contributed by atoms with Gasteiger partial charge in [0.25, 0.3) is 0 Å². The van der Waals surface area contributed by atoms with Gasteiger partial charge in [-0.2, -0.15) is 0 Å². The molecule has 19 heavy (non-hydrogen) atoms. The van der Waals surface area contributed by atoms with E-state index in [4.69, 9.17) is 5.73 Å². The first kappa shape index (κ1) is 15.0. The molecule has 106 valence electrons. The van der Waals surface area contributed by atoms with E-state index in [2.05, 4.69) is 65.9 Å². The zero-order valence-electron chi connectivity index (χ0n) is 12.2. The summed E-state index contributed by atoms with van der Waals surface area (Å²) in [5.74, 6) is 0. The molecule has 2 nitrogen and oxygen atoms in total. The monoisotopic (exact) mass is 324 g/mol. The molecule has 0 amide bonds. The van der Waals surface area contributed by atoms with Crippen LogP contribution in [-0.4, -0.2) is 30.1 Å². The zero-order valence-corrected chi connectivity index (χ0v) is 13.8. The topological polar surface area (TPSA) is 29.3 Å². The van der Waals surface area contributed by atoms with Crippen LogP contribution >= 0.6 is 15.9 Å². The largest absolute Gasteiger partial charge is 0.329 e. The molecule has 1 heterocycles. The third-order valence-electron chi connectivity index (χ3n) is 4.38. The molecular weight excluding hydrogens is 300 g/mol. The lowest BCUT2D eigenvalue weighted by molar-refractivity contribution is 0.128. The van der Waals surface area contributed by atoms with Gasteiger partial charge >= 0.3 is 0 Å². The van der Waals surface area contributed by atoms with Crippen LogP contribution in [0.2, 0.25) is 0 Å². The van der Waals surface area contributed by atoms with Gasteiger partial charge in [0.15, 0.2) is 0 Å². The van der Waals surface area contributed by atoms with E-state index >= 15 is 0 Å². The molecule has 0 aliphatic carbocycles. The third kappa shape index (κ3) is 3.59. The molecule has 1 aromatic rings. The van der Waals surface area contributed by atoms with Crippen molar-refractivity contribution in [3.8, 4) is 0 Å². The van der Waals surface area contributed by atoms with Gasteiger partial charge in [-0.15, -0.1) is 0 Å². The van der Waals surface area contributed by atoms with E-state index in [1.165, 1.54) is 12.0 Å². The predicted molar refractivity (Wildman–Crippen MR) is 85.3 cm³/mol. The molecule has 1 aromatic carbocycles. The van der Waals surface area contributed by atoms with Crippen molar-refractivity contribution in [1.29, 1.82) is 0 Å². The Morgan fingerprint density at radius 2 is 1.95 bits per heavy atom. The minimum absolute atomic E-state index is 0.0710. The Kier molecular flexibility index (Phi) is 4.38. The van der Waals surface area contributed by atoms with Crippen molar-refractivity contribution in [1.82, 2.24) is 4.90 Å². The van der Waals surface area contributed by atoms with Gasteiger partial charge in [0.1, 0.15) is 0 Å². The van der Waals surface area contributed by atoms with Crippen LogP contribution in [0.15, 0.2) is 28.7 Å². The molecule has 1 atom stereocenters. The van der Waals surface area contributed by atoms with E-state index in [1.54, 1.807) is 0 Å². The average molecular weight is 325 g/mol. The van der Waals surface area contributed by atoms with Crippen LogP contribution in [0.25, 0.3) is 0 Å². The van der Waals surface area contributed by atoms with Crippen molar-refractivity contribution in [2.45, 2.75) is 39.2 Å². The fourth-order valence-electron chi connectivity index (χ4n) is 2.93. The molecule has 2 rings (SSSR count). The van der Waals surface area contributed by atoms with Gasteiger partial charge in [0.2, 0.25) is 0 Å². The van der Waals surface area contributed by atoms with Gasteiger partial charge in [0.05, 0.1) is 0 Å². The quantitative estimate of drug-likeness (QED) is 0.919. The van der Waals surface area contributed by atoms with E-state index in [0.29, 0.717) is 12.0 Å². The molecule has 0 bridgehead atoms. The molecule has 0 spiro atoms. The van der Waals surface area contributed by atoms with Gasteiger partial charge in [-0.05, 0) is 49.4 Å². The molecule has 1 unspecified atom stereocenters. The highest BCUT2D eigenvalue weighted by atomic mass is 79.9. The summed E-state index contributed by atoms with van der Waals surface area (Å²) in [5, 5.41) is 0. The summed E-state index contributed by atoms with van der Waals surface area (Å²) in [5.41, 5.74) is 7.96. The second-order valence-corrected chi connectivity index (χ2v) is 7.76. The van der Waals surface area contributed by atoms with Gasteiger partial charge in [-0.3, -0.25) is 4.90 Å². The van der Waals surface area contributed by atoms with Crippen LogP contribution < -0.4 is 5.73 Å². The summed E-state index contributed by atoms with van der Waals surface area (Å²) in [6.07, 6.45) is 2.29. The maximum atomic E-state index is 6.10. The molecule has 0 aromatic heterocycles. The van der Waals surface area contributed by atoms with Crippen molar-refractivity contribution in [2.75, 3.05) is 19.6 Å². The van der Waals surface area contributed by atoms with Gasteiger partial charge < -0.3 is 5.73 Å². The van der Waals surface area contributed by atoms with E-state index < -0.39 is 0 Å².